The number of anilines is 1. The number of nitrogens with one attached hydrogen (secondary N) is 1. The molecule has 4 aliphatic heterocycles. The number of carbonyl (C=O) groups excluding carboxylic acids is 1. The van der Waals surface area contributed by atoms with Gasteiger partial charge in [-0.1, -0.05) is 50.1 Å². The van der Waals surface area contributed by atoms with Crippen LogP contribution < -0.4 is 14.4 Å². The first kappa shape index (κ1) is 36.0. The van der Waals surface area contributed by atoms with Crippen LogP contribution in [0.3, 0.4) is 0 Å². The van der Waals surface area contributed by atoms with Gasteiger partial charge >= 0.3 is 0 Å². The zero-order valence-corrected chi connectivity index (χ0v) is 31.6. The molecule has 1 amide bonds. The SMILES string of the molecule is CCCc1cc(Cl)ccc1C1COc2ccc3cc2N(C1)CC1CCC1C(CN1CCN(C2COC2)CC1)/C=C/CC(C)C(C)S(=O)NC3=O. The second kappa shape index (κ2) is 16.1. The van der Waals surface area contributed by atoms with Crippen LogP contribution in [0.15, 0.2) is 48.6 Å². The van der Waals surface area contributed by atoms with Crippen LogP contribution in [0.4, 0.5) is 5.69 Å². The van der Waals surface area contributed by atoms with E-state index in [4.69, 9.17) is 21.1 Å². The smallest absolute Gasteiger partial charge is 0.263 e. The average Bonchev–Trinajstić information content (AvgIpc) is 3.25. The van der Waals surface area contributed by atoms with Gasteiger partial charge in [-0.05, 0) is 97.7 Å². The Hall–Kier alpha value is -2.43. The van der Waals surface area contributed by atoms with E-state index in [1.807, 2.05) is 31.2 Å². The Kier molecular flexibility index (Phi) is 11.6. The van der Waals surface area contributed by atoms with Crippen molar-refractivity contribution in [2.24, 2.45) is 23.7 Å². The van der Waals surface area contributed by atoms with Crippen molar-refractivity contribution in [2.45, 2.75) is 70.1 Å². The lowest BCUT2D eigenvalue weighted by Crippen LogP contribution is -2.57. The standard InChI is InChI=1S/C40H55ClN4O4S/c1-4-6-29-19-34(41)11-13-36(29)33-23-45-22-32-9-12-37(32)31(21-43-15-17-44(18-16-43)35-25-48-26-35)8-5-7-27(2)28(3)50(47)42-40(46)30-10-14-39(49-24-33)38(45)20-30/h5,8,10-11,13-14,19-20,27-28,31-33,35,37H,4,6-7,9,12,15-18,21-26H2,1-3H3,(H,42,46)/b8-5+. The minimum absolute atomic E-state index is 0.158. The van der Waals surface area contributed by atoms with Gasteiger partial charge in [0.25, 0.3) is 5.91 Å². The van der Waals surface area contributed by atoms with Crippen molar-refractivity contribution in [2.75, 3.05) is 70.5 Å². The Morgan fingerprint density at radius 2 is 1.82 bits per heavy atom. The lowest BCUT2D eigenvalue weighted by Gasteiger charge is -2.47. The first-order valence-corrected chi connectivity index (χ1v) is 20.6. The number of ether oxygens (including phenoxy) is 2. The predicted molar refractivity (Wildman–Crippen MR) is 203 cm³/mol. The molecule has 8 nitrogen and oxygen atoms in total. The summed E-state index contributed by atoms with van der Waals surface area (Å²) in [4.78, 5) is 21.3. The van der Waals surface area contributed by atoms with Gasteiger partial charge in [0.15, 0.2) is 0 Å². The Morgan fingerprint density at radius 3 is 2.54 bits per heavy atom. The molecule has 1 aliphatic carbocycles. The number of nitrogens with zero attached hydrogens (tertiary/aromatic N) is 3. The Labute approximate surface area is 306 Å². The predicted octanol–water partition coefficient (Wildman–Crippen LogP) is 6.31. The topological polar surface area (TPSA) is 74.3 Å². The fraction of sp³-hybridized carbons (Fsp3) is 0.625. The highest BCUT2D eigenvalue weighted by Gasteiger charge is 2.40. The third-order valence-corrected chi connectivity index (χ3v) is 14.0. The van der Waals surface area contributed by atoms with E-state index in [9.17, 15) is 9.00 Å². The average molecular weight is 723 g/mol. The molecule has 4 heterocycles. The minimum atomic E-state index is -1.50. The molecule has 50 heavy (non-hydrogen) atoms. The highest BCUT2D eigenvalue weighted by Crippen LogP contribution is 2.44. The Bertz CT molecular complexity index is 1560. The van der Waals surface area contributed by atoms with Gasteiger partial charge in [0, 0.05) is 62.3 Å². The molecule has 7 atom stereocenters. The summed E-state index contributed by atoms with van der Waals surface area (Å²) in [5, 5.41) is 0.597. The summed E-state index contributed by atoms with van der Waals surface area (Å²) < 4.78 is 28.3. The zero-order valence-electron chi connectivity index (χ0n) is 30.0. The molecule has 1 saturated carbocycles. The summed E-state index contributed by atoms with van der Waals surface area (Å²) in [5.41, 5.74) is 4.06. The van der Waals surface area contributed by atoms with Gasteiger partial charge in [-0.3, -0.25) is 14.4 Å². The number of aryl methyl sites for hydroxylation is 1. The van der Waals surface area contributed by atoms with Crippen molar-refractivity contribution in [3.8, 4) is 5.75 Å². The minimum Gasteiger partial charge on any atom is -0.491 e. The molecule has 3 fully saturated rings. The third kappa shape index (κ3) is 7.97. The first-order chi connectivity index (χ1) is 24.3. The van der Waals surface area contributed by atoms with Crippen LogP contribution in [0.2, 0.25) is 5.02 Å². The van der Waals surface area contributed by atoms with E-state index >= 15 is 0 Å². The number of hydrogen-bond acceptors (Lipinski definition) is 7. The number of benzene rings is 2. The molecular formula is C40H55ClN4O4S. The van der Waals surface area contributed by atoms with Crippen LogP contribution in [0, 0.1) is 23.7 Å². The number of hydrogen-bond donors (Lipinski definition) is 1. The quantitative estimate of drug-likeness (QED) is 0.351. The number of carbonyl (C=O) groups is 1. The molecule has 0 spiro atoms. The maximum absolute atomic E-state index is 13.5. The maximum Gasteiger partial charge on any atom is 0.263 e. The third-order valence-electron chi connectivity index (χ3n) is 12.2. The molecule has 0 aromatic heterocycles. The number of rotatable bonds is 6. The van der Waals surface area contributed by atoms with Gasteiger partial charge in [-0.2, -0.15) is 0 Å². The van der Waals surface area contributed by atoms with Crippen LogP contribution in [0.1, 0.15) is 73.9 Å². The lowest BCUT2D eigenvalue weighted by atomic mass is 9.66. The second-order valence-electron chi connectivity index (χ2n) is 15.5. The van der Waals surface area contributed by atoms with E-state index in [1.54, 1.807) is 0 Å². The second-order valence-corrected chi connectivity index (χ2v) is 17.4. The maximum atomic E-state index is 13.5. The van der Waals surface area contributed by atoms with Crippen LogP contribution >= 0.6 is 11.6 Å². The molecule has 7 unspecified atom stereocenters. The molecule has 5 aliphatic rings. The normalized spacial score (nSPS) is 32.1. The van der Waals surface area contributed by atoms with Crippen LogP contribution in [0.5, 0.6) is 5.75 Å². The number of allylic oxidation sites excluding steroid dienone is 1. The number of amides is 1. The number of fused-ring (bicyclic) bond motifs is 2. The van der Waals surface area contributed by atoms with Crippen molar-refractivity contribution in [3.05, 3.63) is 70.3 Å². The molecule has 0 radical (unpaired) electrons. The molecule has 1 N–H and O–H groups in total. The van der Waals surface area contributed by atoms with Crippen molar-refractivity contribution < 1.29 is 18.5 Å². The summed E-state index contributed by atoms with van der Waals surface area (Å²) in [5.74, 6) is 2.42. The van der Waals surface area contributed by atoms with E-state index in [1.165, 1.54) is 24.0 Å². The molecule has 2 bridgehead atoms. The molecule has 7 rings (SSSR count). The van der Waals surface area contributed by atoms with E-state index in [-0.39, 0.29) is 23.0 Å². The molecule has 272 valence electrons. The van der Waals surface area contributed by atoms with Gasteiger partial charge in [0.05, 0.1) is 36.8 Å². The Balaban J connectivity index is 1.19. The zero-order chi connectivity index (χ0) is 34.8. The van der Waals surface area contributed by atoms with Gasteiger partial charge in [-0.15, -0.1) is 0 Å². The van der Waals surface area contributed by atoms with E-state index in [2.05, 4.69) is 57.6 Å². The first-order valence-electron chi connectivity index (χ1n) is 19.0. The van der Waals surface area contributed by atoms with E-state index in [0.717, 1.165) is 94.7 Å². The van der Waals surface area contributed by atoms with Crippen molar-refractivity contribution in [1.29, 1.82) is 0 Å². The molecule has 10 heteroatoms. The van der Waals surface area contributed by atoms with E-state index < -0.39 is 11.0 Å². The van der Waals surface area contributed by atoms with Crippen LogP contribution in [0.25, 0.3) is 0 Å². The summed E-state index contributed by atoms with van der Waals surface area (Å²) in [7, 11) is -1.50. The molecule has 2 saturated heterocycles. The lowest BCUT2D eigenvalue weighted by molar-refractivity contribution is -0.0782. The van der Waals surface area contributed by atoms with Gasteiger partial charge in [-0.25, -0.2) is 4.21 Å². The highest BCUT2D eigenvalue weighted by molar-refractivity contribution is 7.84. The van der Waals surface area contributed by atoms with Gasteiger partial charge in [0.2, 0.25) is 0 Å². The monoisotopic (exact) mass is 722 g/mol. The summed E-state index contributed by atoms with van der Waals surface area (Å²) in [6.07, 6.45) is 10.1. The fourth-order valence-electron chi connectivity index (χ4n) is 8.62. The summed E-state index contributed by atoms with van der Waals surface area (Å²) in [6, 6.07) is 12.6. The number of piperazine rings is 1. The largest absolute Gasteiger partial charge is 0.491 e. The van der Waals surface area contributed by atoms with Crippen LogP contribution in [-0.2, 0) is 22.1 Å². The van der Waals surface area contributed by atoms with Gasteiger partial charge in [0.1, 0.15) is 16.7 Å². The molecule has 2 aromatic carbocycles. The fourth-order valence-corrected chi connectivity index (χ4v) is 9.83. The van der Waals surface area contributed by atoms with Crippen LogP contribution in [-0.4, -0.2) is 96.8 Å². The summed E-state index contributed by atoms with van der Waals surface area (Å²) in [6.45, 7) is 15.9. The number of halogens is 1. The highest BCUT2D eigenvalue weighted by atomic mass is 35.5. The van der Waals surface area contributed by atoms with Crippen molar-refractivity contribution in [1.82, 2.24) is 14.5 Å². The molecule has 2 aromatic rings. The van der Waals surface area contributed by atoms with Gasteiger partial charge < -0.3 is 19.3 Å². The Morgan fingerprint density at radius 1 is 1.00 bits per heavy atom. The molecular weight excluding hydrogens is 668 g/mol. The van der Waals surface area contributed by atoms with Crippen molar-refractivity contribution in [3.63, 3.8) is 0 Å². The van der Waals surface area contributed by atoms with Crippen molar-refractivity contribution >= 4 is 34.2 Å². The summed E-state index contributed by atoms with van der Waals surface area (Å²) >= 11 is 6.49. The van der Waals surface area contributed by atoms with E-state index in [0.29, 0.717) is 36.0 Å².